The Bertz CT molecular complexity index is 245. The zero-order chi connectivity index (χ0) is 12.5. The molecule has 1 aliphatic heterocycles. The van der Waals surface area contributed by atoms with Gasteiger partial charge in [-0.2, -0.15) is 0 Å². The van der Waals surface area contributed by atoms with Gasteiger partial charge in [0.1, 0.15) is 0 Å². The first-order valence-electron chi connectivity index (χ1n) is 7.05. The van der Waals surface area contributed by atoms with E-state index in [4.69, 9.17) is 0 Å². The summed E-state index contributed by atoms with van der Waals surface area (Å²) >= 11 is 0. The minimum atomic E-state index is 0.201. The molecule has 3 heteroatoms. The van der Waals surface area contributed by atoms with Gasteiger partial charge in [0, 0.05) is 18.0 Å². The van der Waals surface area contributed by atoms with Gasteiger partial charge in [-0.15, -0.1) is 0 Å². The number of likely N-dealkylation sites (tertiary alicyclic amines) is 1. The number of aliphatic hydroxyl groups excluding tert-OH is 1. The third-order valence-corrected chi connectivity index (χ3v) is 4.96. The molecule has 0 aromatic heterocycles. The maximum atomic E-state index is 9.81. The highest BCUT2D eigenvalue weighted by Crippen LogP contribution is 2.48. The lowest BCUT2D eigenvalue weighted by Gasteiger charge is -2.53. The summed E-state index contributed by atoms with van der Waals surface area (Å²) < 4.78 is 0. The van der Waals surface area contributed by atoms with Gasteiger partial charge in [0.2, 0.25) is 0 Å². The average Bonchev–Trinajstić information content (AvgIpc) is 2.22. The van der Waals surface area contributed by atoms with Crippen LogP contribution in [0.25, 0.3) is 0 Å². The lowest BCUT2D eigenvalue weighted by atomic mass is 9.60. The predicted molar refractivity (Wildman–Crippen MR) is 71.1 cm³/mol. The minimum Gasteiger partial charge on any atom is -0.396 e. The Morgan fingerprint density at radius 3 is 2.47 bits per heavy atom. The molecule has 0 bridgehead atoms. The van der Waals surface area contributed by atoms with Gasteiger partial charge in [-0.25, -0.2) is 0 Å². The van der Waals surface area contributed by atoms with Crippen LogP contribution in [0.4, 0.5) is 0 Å². The molecule has 0 aromatic rings. The molecular weight excluding hydrogens is 212 g/mol. The number of hydrogen-bond acceptors (Lipinski definition) is 3. The van der Waals surface area contributed by atoms with Crippen LogP contribution in [0, 0.1) is 11.3 Å². The van der Waals surface area contributed by atoms with Crippen molar-refractivity contribution in [3.05, 3.63) is 0 Å². The molecule has 100 valence electrons. The molecule has 1 heterocycles. The fraction of sp³-hybridized carbons (Fsp3) is 1.00. The van der Waals surface area contributed by atoms with Gasteiger partial charge in [-0.05, 0) is 59.3 Å². The highest BCUT2D eigenvalue weighted by molar-refractivity contribution is 5.01. The Balaban J connectivity index is 2.11. The Morgan fingerprint density at radius 2 is 2.06 bits per heavy atom. The fourth-order valence-electron chi connectivity index (χ4n) is 4.11. The summed E-state index contributed by atoms with van der Waals surface area (Å²) in [5.41, 5.74) is 0.201. The van der Waals surface area contributed by atoms with Crippen LogP contribution in [-0.4, -0.2) is 61.8 Å². The number of nitrogens with zero attached hydrogens (tertiary/aromatic N) is 2. The highest BCUT2D eigenvalue weighted by atomic mass is 16.3. The normalized spacial score (nSPS) is 31.2. The molecule has 17 heavy (non-hydrogen) atoms. The molecule has 2 aliphatic rings. The van der Waals surface area contributed by atoms with Crippen LogP contribution in [0.2, 0.25) is 0 Å². The summed E-state index contributed by atoms with van der Waals surface area (Å²) in [5, 5.41) is 9.81. The average molecular weight is 240 g/mol. The predicted octanol–water partition coefficient (Wildman–Crippen LogP) is 1.42. The van der Waals surface area contributed by atoms with Crippen molar-refractivity contribution < 1.29 is 5.11 Å². The summed E-state index contributed by atoms with van der Waals surface area (Å²) in [7, 11) is 6.61. The number of piperidine rings is 1. The topological polar surface area (TPSA) is 26.7 Å². The first-order chi connectivity index (χ1) is 8.09. The second kappa shape index (κ2) is 5.25. The maximum Gasteiger partial charge on any atom is 0.0502 e. The van der Waals surface area contributed by atoms with E-state index in [1.165, 1.54) is 45.2 Å². The number of hydrogen-bond donors (Lipinski definition) is 1. The van der Waals surface area contributed by atoms with Crippen molar-refractivity contribution in [1.29, 1.82) is 0 Å². The maximum absolute atomic E-state index is 9.81. The Kier molecular flexibility index (Phi) is 4.11. The third kappa shape index (κ3) is 2.51. The minimum absolute atomic E-state index is 0.201. The van der Waals surface area contributed by atoms with Crippen molar-refractivity contribution >= 4 is 0 Å². The summed E-state index contributed by atoms with van der Waals surface area (Å²) in [5.74, 6) is 0.733. The van der Waals surface area contributed by atoms with Crippen molar-refractivity contribution in [2.45, 2.75) is 38.1 Å². The zero-order valence-electron chi connectivity index (χ0n) is 11.7. The fourth-order valence-corrected chi connectivity index (χ4v) is 4.11. The second-order valence-corrected chi connectivity index (χ2v) is 6.45. The van der Waals surface area contributed by atoms with Crippen LogP contribution >= 0.6 is 0 Å². The summed E-state index contributed by atoms with van der Waals surface area (Å²) in [4.78, 5) is 4.83. The van der Waals surface area contributed by atoms with E-state index in [1.807, 2.05) is 0 Å². The van der Waals surface area contributed by atoms with Gasteiger partial charge in [-0.3, -0.25) is 0 Å². The third-order valence-electron chi connectivity index (χ3n) is 4.96. The lowest BCUT2D eigenvalue weighted by molar-refractivity contribution is -0.0647. The molecule has 1 aliphatic carbocycles. The molecule has 2 unspecified atom stereocenters. The number of aliphatic hydroxyl groups is 1. The van der Waals surface area contributed by atoms with E-state index < -0.39 is 0 Å². The first-order valence-corrected chi connectivity index (χ1v) is 7.05. The molecule has 1 saturated heterocycles. The van der Waals surface area contributed by atoms with Crippen molar-refractivity contribution in [3.63, 3.8) is 0 Å². The molecular formula is C14H28N2O. The molecule has 3 nitrogen and oxygen atoms in total. The Labute approximate surface area is 106 Å². The Hall–Kier alpha value is -0.120. The van der Waals surface area contributed by atoms with E-state index in [1.54, 1.807) is 0 Å². The van der Waals surface area contributed by atoms with Gasteiger partial charge in [0.25, 0.3) is 0 Å². The van der Waals surface area contributed by atoms with Crippen LogP contribution in [0.1, 0.15) is 32.1 Å². The van der Waals surface area contributed by atoms with Crippen LogP contribution in [0.15, 0.2) is 0 Å². The quantitative estimate of drug-likeness (QED) is 0.805. The summed E-state index contributed by atoms with van der Waals surface area (Å²) in [6, 6.07) is 0.559. The molecule has 0 aromatic carbocycles. The molecule has 0 spiro atoms. The monoisotopic (exact) mass is 240 g/mol. The van der Waals surface area contributed by atoms with Crippen molar-refractivity contribution in [1.82, 2.24) is 9.80 Å². The Morgan fingerprint density at radius 1 is 1.35 bits per heavy atom. The molecule has 1 N–H and O–H groups in total. The van der Waals surface area contributed by atoms with Crippen LogP contribution in [0.3, 0.4) is 0 Å². The summed E-state index contributed by atoms with van der Waals surface area (Å²) in [6.45, 7) is 2.81. The van der Waals surface area contributed by atoms with Gasteiger partial charge in [0.15, 0.2) is 0 Å². The SMILES string of the molecule is CN1CCCC(C(N(C)C)C2(CO)CCC2)C1. The zero-order valence-corrected chi connectivity index (χ0v) is 11.7. The van der Waals surface area contributed by atoms with Gasteiger partial charge in [0.05, 0.1) is 6.61 Å². The van der Waals surface area contributed by atoms with Crippen LogP contribution in [-0.2, 0) is 0 Å². The van der Waals surface area contributed by atoms with E-state index >= 15 is 0 Å². The van der Waals surface area contributed by atoms with E-state index in [0.29, 0.717) is 12.6 Å². The molecule has 2 rings (SSSR count). The summed E-state index contributed by atoms with van der Waals surface area (Å²) in [6.07, 6.45) is 6.37. The molecule has 0 radical (unpaired) electrons. The largest absolute Gasteiger partial charge is 0.396 e. The second-order valence-electron chi connectivity index (χ2n) is 6.45. The lowest BCUT2D eigenvalue weighted by Crippen LogP contribution is -2.57. The molecule has 0 amide bonds. The number of rotatable bonds is 4. The van der Waals surface area contributed by atoms with Crippen molar-refractivity contribution in [3.8, 4) is 0 Å². The van der Waals surface area contributed by atoms with Gasteiger partial charge >= 0.3 is 0 Å². The molecule has 2 fully saturated rings. The van der Waals surface area contributed by atoms with Crippen LogP contribution < -0.4 is 0 Å². The smallest absolute Gasteiger partial charge is 0.0502 e. The van der Waals surface area contributed by atoms with Gasteiger partial charge < -0.3 is 14.9 Å². The standard InChI is InChI=1S/C14H28N2O/c1-15(2)13(14(11-17)7-5-8-14)12-6-4-9-16(3)10-12/h12-13,17H,4-11H2,1-3H3. The van der Waals surface area contributed by atoms with Gasteiger partial charge in [-0.1, -0.05) is 6.42 Å². The molecule has 1 saturated carbocycles. The van der Waals surface area contributed by atoms with E-state index in [0.717, 1.165) is 5.92 Å². The van der Waals surface area contributed by atoms with E-state index in [9.17, 15) is 5.11 Å². The first kappa shape index (κ1) is 13.3. The van der Waals surface area contributed by atoms with E-state index in [-0.39, 0.29) is 5.41 Å². The molecule has 2 atom stereocenters. The van der Waals surface area contributed by atoms with Crippen LogP contribution in [0.5, 0.6) is 0 Å². The highest BCUT2D eigenvalue weighted by Gasteiger charge is 2.48. The van der Waals surface area contributed by atoms with E-state index in [2.05, 4.69) is 30.9 Å². The van der Waals surface area contributed by atoms with Crippen molar-refractivity contribution in [2.24, 2.45) is 11.3 Å². The van der Waals surface area contributed by atoms with Crippen molar-refractivity contribution in [2.75, 3.05) is 40.8 Å².